The van der Waals surface area contributed by atoms with Gasteiger partial charge in [0.15, 0.2) is 5.54 Å². The smallest absolute Gasteiger partial charge is 0.332 e. The van der Waals surface area contributed by atoms with E-state index in [0.29, 0.717) is 5.71 Å². The summed E-state index contributed by atoms with van der Waals surface area (Å²) in [5.41, 5.74) is 0.913. The SMILES string of the molecule is CC1(C)C(c2ccccc2)=NC(c2ccccc2F)=[N+]1[O-]. The van der Waals surface area contributed by atoms with Gasteiger partial charge in [0.25, 0.3) is 0 Å². The first-order chi connectivity index (χ1) is 10.0. The number of hydroxylamine groups is 1. The minimum atomic E-state index is -0.834. The predicted octanol–water partition coefficient (Wildman–Crippen LogP) is 3.36. The van der Waals surface area contributed by atoms with Crippen LogP contribution in [0.1, 0.15) is 25.0 Å². The van der Waals surface area contributed by atoms with Crippen LogP contribution in [0.5, 0.6) is 0 Å². The highest BCUT2D eigenvalue weighted by Gasteiger charge is 2.43. The van der Waals surface area contributed by atoms with E-state index >= 15 is 0 Å². The Bertz CT molecular complexity index is 748. The Labute approximate surface area is 122 Å². The van der Waals surface area contributed by atoms with Gasteiger partial charge >= 0.3 is 5.84 Å². The molecule has 3 nitrogen and oxygen atoms in total. The zero-order valence-electron chi connectivity index (χ0n) is 11.9. The molecule has 1 heterocycles. The summed E-state index contributed by atoms with van der Waals surface area (Å²) < 4.78 is 14.7. The number of hydrogen-bond acceptors (Lipinski definition) is 2. The van der Waals surface area contributed by atoms with Gasteiger partial charge < -0.3 is 5.21 Å². The molecule has 21 heavy (non-hydrogen) atoms. The summed E-state index contributed by atoms with van der Waals surface area (Å²) in [6, 6.07) is 15.7. The first-order valence-corrected chi connectivity index (χ1v) is 6.75. The van der Waals surface area contributed by atoms with Crippen LogP contribution in [0.25, 0.3) is 0 Å². The van der Waals surface area contributed by atoms with Crippen molar-refractivity contribution in [1.82, 2.24) is 0 Å². The molecule has 2 aromatic rings. The van der Waals surface area contributed by atoms with E-state index in [0.717, 1.165) is 10.3 Å². The molecule has 0 unspecified atom stereocenters. The summed E-state index contributed by atoms with van der Waals surface area (Å²) >= 11 is 0. The van der Waals surface area contributed by atoms with E-state index in [9.17, 15) is 9.60 Å². The highest BCUT2D eigenvalue weighted by Crippen LogP contribution is 2.26. The second kappa shape index (κ2) is 4.81. The molecular weight excluding hydrogens is 267 g/mol. The van der Waals surface area contributed by atoms with Crippen molar-refractivity contribution in [3.05, 3.63) is 76.7 Å². The Morgan fingerprint density at radius 3 is 2.29 bits per heavy atom. The molecule has 0 aromatic heterocycles. The van der Waals surface area contributed by atoms with Crippen LogP contribution < -0.4 is 0 Å². The summed E-state index contributed by atoms with van der Waals surface area (Å²) in [6.07, 6.45) is 0. The Balaban J connectivity index is 2.16. The van der Waals surface area contributed by atoms with Crippen molar-refractivity contribution in [3.63, 3.8) is 0 Å². The van der Waals surface area contributed by atoms with Gasteiger partial charge in [-0.1, -0.05) is 42.5 Å². The zero-order chi connectivity index (χ0) is 15.0. The quantitative estimate of drug-likeness (QED) is 0.615. The molecule has 0 saturated heterocycles. The average Bonchev–Trinajstić information content (AvgIpc) is 2.72. The molecule has 1 aliphatic heterocycles. The van der Waals surface area contributed by atoms with E-state index in [1.165, 1.54) is 6.07 Å². The monoisotopic (exact) mass is 282 g/mol. The fraction of sp³-hybridized carbons (Fsp3) is 0.176. The second-order valence-electron chi connectivity index (χ2n) is 5.48. The fourth-order valence-electron chi connectivity index (χ4n) is 2.48. The van der Waals surface area contributed by atoms with Crippen molar-refractivity contribution in [2.24, 2.45) is 4.99 Å². The van der Waals surface area contributed by atoms with E-state index in [4.69, 9.17) is 0 Å². The van der Waals surface area contributed by atoms with Crippen molar-refractivity contribution in [2.75, 3.05) is 0 Å². The highest BCUT2D eigenvalue weighted by molar-refractivity contribution is 6.17. The van der Waals surface area contributed by atoms with Crippen LogP contribution in [0.15, 0.2) is 59.6 Å². The zero-order valence-corrected chi connectivity index (χ0v) is 11.9. The maximum Gasteiger partial charge on any atom is 0.332 e. The number of rotatable bonds is 2. The van der Waals surface area contributed by atoms with Crippen molar-refractivity contribution in [3.8, 4) is 0 Å². The van der Waals surface area contributed by atoms with Crippen LogP contribution in [0, 0.1) is 11.0 Å². The maximum atomic E-state index is 13.9. The van der Waals surface area contributed by atoms with Crippen LogP contribution in [0.4, 0.5) is 4.39 Å². The first-order valence-electron chi connectivity index (χ1n) is 6.75. The van der Waals surface area contributed by atoms with Crippen molar-refractivity contribution in [2.45, 2.75) is 19.4 Å². The van der Waals surface area contributed by atoms with Crippen molar-refractivity contribution >= 4 is 11.5 Å². The normalized spacial score (nSPS) is 17.0. The Hall–Kier alpha value is -2.49. The minimum absolute atomic E-state index is 0.122. The Kier molecular flexibility index (Phi) is 3.09. The molecule has 1 aliphatic rings. The molecule has 4 heteroatoms. The van der Waals surface area contributed by atoms with Gasteiger partial charge in [-0.15, -0.1) is 0 Å². The number of benzene rings is 2. The number of nitrogens with zero attached hydrogens (tertiary/aromatic N) is 2. The minimum Gasteiger partial charge on any atom is -0.714 e. The van der Waals surface area contributed by atoms with Gasteiger partial charge in [-0.25, -0.2) is 4.39 Å². The molecule has 0 saturated carbocycles. The lowest BCUT2D eigenvalue weighted by atomic mass is 9.93. The third-order valence-electron chi connectivity index (χ3n) is 3.66. The summed E-state index contributed by atoms with van der Waals surface area (Å²) in [5, 5.41) is 12.6. The van der Waals surface area contributed by atoms with Crippen LogP contribution >= 0.6 is 0 Å². The van der Waals surface area contributed by atoms with E-state index in [1.807, 2.05) is 30.3 Å². The molecule has 0 radical (unpaired) electrons. The lowest BCUT2D eigenvalue weighted by molar-refractivity contribution is -0.513. The molecule has 0 amide bonds. The molecule has 0 bridgehead atoms. The van der Waals surface area contributed by atoms with Crippen LogP contribution in [0.2, 0.25) is 0 Å². The standard InChI is InChI=1S/C17H15FN2O/c1-17(2)15(12-8-4-3-5-9-12)19-16(20(17)21)13-10-6-7-11-14(13)18/h3-11H,1-2H3. The van der Waals surface area contributed by atoms with Crippen molar-refractivity contribution < 1.29 is 9.13 Å². The second-order valence-corrected chi connectivity index (χ2v) is 5.48. The van der Waals surface area contributed by atoms with E-state index in [-0.39, 0.29) is 11.4 Å². The molecular formula is C17H15FN2O. The van der Waals surface area contributed by atoms with Gasteiger partial charge in [0, 0.05) is 5.56 Å². The number of amidine groups is 1. The topological polar surface area (TPSA) is 38.4 Å². The summed E-state index contributed by atoms with van der Waals surface area (Å²) in [7, 11) is 0. The third-order valence-corrected chi connectivity index (χ3v) is 3.66. The third kappa shape index (κ3) is 2.13. The summed E-state index contributed by atoms with van der Waals surface area (Å²) in [4.78, 5) is 4.43. The Morgan fingerprint density at radius 1 is 1.00 bits per heavy atom. The molecule has 0 atom stereocenters. The number of halogens is 1. The molecule has 0 N–H and O–H groups in total. The Morgan fingerprint density at radius 2 is 1.62 bits per heavy atom. The van der Waals surface area contributed by atoms with Gasteiger partial charge in [0.1, 0.15) is 11.4 Å². The summed E-state index contributed by atoms with van der Waals surface area (Å²) in [5.74, 6) is -0.320. The molecule has 3 rings (SSSR count). The van der Waals surface area contributed by atoms with E-state index < -0.39 is 11.4 Å². The molecule has 2 aromatic carbocycles. The van der Waals surface area contributed by atoms with Gasteiger partial charge in [0.05, 0.1) is 0 Å². The lowest BCUT2D eigenvalue weighted by Crippen LogP contribution is -2.39. The van der Waals surface area contributed by atoms with Crippen LogP contribution in [-0.2, 0) is 0 Å². The number of aliphatic imine (C=N–C) groups is 1. The van der Waals surface area contributed by atoms with Gasteiger partial charge in [0.2, 0.25) is 5.71 Å². The van der Waals surface area contributed by atoms with Crippen LogP contribution in [-0.4, -0.2) is 21.8 Å². The molecule has 106 valence electrons. The van der Waals surface area contributed by atoms with E-state index in [2.05, 4.69) is 4.99 Å². The van der Waals surface area contributed by atoms with E-state index in [1.54, 1.807) is 32.0 Å². The van der Waals surface area contributed by atoms with Gasteiger partial charge in [-0.2, -0.15) is 0 Å². The van der Waals surface area contributed by atoms with Gasteiger partial charge in [-0.3, -0.25) is 4.74 Å². The fourth-order valence-corrected chi connectivity index (χ4v) is 2.48. The van der Waals surface area contributed by atoms with Gasteiger partial charge in [-0.05, 0) is 31.0 Å². The highest BCUT2D eigenvalue weighted by atomic mass is 19.1. The lowest BCUT2D eigenvalue weighted by Gasteiger charge is -2.23. The molecule has 0 fully saturated rings. The van der Waals surface area contributed by atoms with Crippen molar-refractivity contribution in [1.29, 1.82) is 0 Å². The van der Waals surface area contributed by atoms with Crippen LogP contribution in [0.3, 0.4) is 0 Å². The molecule has 0 aliphatic carbocycles. The maximum absolute atomic E-state index is 13.9. The summed E-state index contributed by atoms with van der Waals surface area (Å²) in [6.45, 7) is 3.58. The average molecular weight is 282 g/mol. The first kappa shape index (κ1) is 13.5. The number of hydrogen-bond donors (Lipinski definition) is 0. The largest absolute Gasteiger partial charge is 0.714 e. The predicted molar refractivity (Wildman–Crippen MR) is 81.2 cm³/mol. The molecule has 0 spiro atoms.